The zero-order chi connectivity index (χ0) is 5.70. The molecule has 2 heteroatoms. The van der Waals surface area contributed by atoms with Crippen molar-refractivity contribution in [2.24, 2.45) is 0 Å². The molecule has 0 fully saturated rings. The van der Waals surface area contributed by atoms with Crippen LogP contribution in [-0.4, -0.2) is 24.4 Å². The second-order valence-corrected chi connectivity index (χ2v) is 1.22. The SMILES string of the molecule is [CH2]C([CH2])OCCO. The van der Waals surface area contributed by atoms with E-state index in [-0.39, 0.29) is 12.7 Å². The van der Waals surface area contributed by atoms with E-state index in [1.807, 2.05) is 0 Å². The fourth-order valence-electron chi connectivity index (χ4n) is 0.219. The molecule has 0 aromatic heterocycles. The number of hydrogen-bond acceptors (Lipinski definition) is 2. The van der Waals surface area contributed by atoms with Crippen LogP contribution in [0, 0.1) is 13.8 Å². The van der Waals surface area contributed by atoms with Gasteiger partial charge < -0.3 is 9.84 Å². The molecule has 0 aliphatic heterocycles. The first-order chi connectivity index (χ1) is 3.27. The zero-order valence-electron chi connectivity index (χ0n) is 4.26. The van der Waals surface area contributed by atoms with Crippen molar-refractivity contribution in [1.82, 2.24) is 0 Å². The van der Waals surface area contributed by atoms with E-state index in [9.17, 15) is 0 Å². The van der Waals surface area contributed by atoms with Crippen LogP contribution in [-0.2, 0) is 4.74 Å². The van der Waals surface area contributed by atoms with E-state index < -0.39 is 0 Å². The van der Waals surface area contributed by atoms with Crippen molar-refractivity contribution >= 4 is 0 Å². The van der Waals surface area contributed by atoms with Gasteiger partial charge in [0.25, 0.3) is 0 Å². The number of rotatable bonds is 3. The molecule has 0 spiro atoms. The van der Waals surface area contributed by atoms with Gasteiger partial charge >= 0.3 is 0 Å². The molecule has 0 rings (SSSR count). The molecule has 1 N–H and O–H groups in total. The lowest BCUT2D eigenvalue weighted by Gasteiger charge is -2.02. The Morgan fingerprint density at radius 1 is 1.57 bits per heavy atom. The standard InChI is InChI=1S/C5H10O2/c1-5(2)7-4-3-6/h5-6H,1-4H2. The Morgan fingerprint density at radius 3 is 2.29 bits per heavy atom. The Bertz CT molecular complexity index is 35.1. The Kier molecular flexibility index (Phi) is 4.04. The van der Waals surface area contributed by atoms with Crippen LogP contribution in [0.4, 0.5) is 0 Å². The molecule has 0 aliphatic carbocycles. The second kappa shape index (κ2) is 4.09. The molecule has 42 valence electrons. The van der Waals surface area contributed by atoms with Gasteiger partial charge in [-0.15, -0.1) is 0 Å². The van der Waals surface area contributed by atoms with Crippen LogP contribution in [0.2, 0.25) is 0 Å². The van der Waals surface area contributed by atoms with Crippen LogP contribution >= 0.6 is 0 Å². The first-order valence-corrected chi connectivity index (χ1v) is 2.16. The van der Waals surface area contributed by atoms with E-state index in [4.69, 9.17) is 9.84 Å². The van der Waals surface area contributed by atoms with Crippen LogP contribution in [0.5, 0.6) is 0 Å². The van der Waals surface area contributed by atoms with E-state index in [0.29, 0.717) is 6.61 Å². The molecule has 0 bridgehead atoms. The number of aliphatic hydroxyl groups is 1. The van der Waals surface area contributed by atoms with Crippen LogP contribution in [0.15, 0.2) is 0 Å². The van der Waals surface area contributed by atoms with Gasteiger partial charge in [-0.2, -0.15) is 0 Å². The number of ether oxygens (including phenoxy) is 1. The summed E-state index contributed by atoms with van der Waals surface area (Å²) in [6.45, 7) is 7.24. The van der Waals surface area contributed by atoms with Gasteiger partial charge in [-0.25, -0.2) is 0 Å². The molecule has 2 nitrogen and oxygen atoms in total. The number of aliphatic hydroxyl groups excluding tert-OH is 1. The van der Waals surface area contributed by atoms with Crippen molar-refractivity contribution in [3.05, 3.63) is 13.8 Å². The van der Waals surface area contributed by atoms with Gasteiger partial charge in [0.05, 0.1) is 19.3 Å². The summed E-state index contributed by atoms with van der Waals surface area (Å²) in [5, 5.41) is 8.13. The lowest BCUT2D eigenvalue weighted by molar-refractivity contribution is 0.0750. The van der Waals surface area contributed by atoms with Gasteiger partial charge in [0.2, 0.25) is 0 Å². The summed E-state index contributed by atoms with van der Waals surface area (Å²) in [6, 6.07) is 0. The zero-order valence-corrected chi connectivity index (χ0v) is 4.26. The maximum atomic E-state index is 8.13. The van der Waals surface area contributed by atoms with Gasteiger partial charge in [-0.1, -0.05) is 0 Å². The van der Waals surface area contributed by atoms with Crippen molar-refractivity contribution < 1.29 is 9.84 Å². The summed E-state index contributed by atoms with van der Waals surface area (Å²) in [4.78, 5) is 0. The molecule has 7 heavy (non-hydrogen) atoms. The average Bonchev–Trinajstić information content (AvgIpc) is 1.61. The van der Waals surface area contributed by atoms with E-state index in [0.717, 1.165) is 0 Å². The van der Waals surface area contributed by atoms with Crippen LogP contribution < -0.4 is 0 Å². The highest BCUT2D eigenvalue weighted by molar-refractivity contribution is 4.59. The highest BCUT2D eigenvalue weighted by Crippen LogP contribution is 1.82. The van der Waals surface area contributed by atoms with Crippen LogP contribution in [0.25, 0.3) is 0 Å². The highest BCUT2D eigenvalue weighted by atomic mass is 16.5. The minimum Gasteiger partial charge on any atom is -0.394 e. The highest BCUT2D eigenvalue weighted by Gasteiger charge is 1.88. The maximum absolute atomic E-state index is 8.13. The predicted octanol–water partition coefficient (Wildman–Crippen LogP) is 0.0321. The van der Waals surface area contributed by atoms with Gasteiger partial charge in [0.1, 0.15) is 0 Å². The summed E-state index contributed by atoms with van der Waals surface area (Å²) in [6.07, 6.45) is -0.257. The molecule has 0 aromatic carbocycles. The molecule has 0 amide bonds. The third kappa shape index (κ3) is 5.92. The Balaban J connectivity index is 2.68. The molecule has 0 aliphatic rings. The molecule has 0 aromatic rings. The molecule has 0 saturated carbocycles. The summed E-state index contributed by atoms with van der Waals surface area (Å²) in [7, 11) is 0. The summed E-state index contributed by atoms with van der Waals surface area (Å²) < 4.78 is 4.72. The van der Waals surface area contributed by atoms with Crippen molar-refractivity contribution in [2.45, 2.75) is 6.10 Å². The summed E-state index contributed by atoms with van der Waals surface area (Å²) in [5.41, 5.74) is 0. The molecule has 0 unspecified atom stereocenters. The molecular weight excluding hydrogens is 92.1 g/mol. The van der Waals surface area contributed by atoms with Crippen molar-refractivity contribution in [2.75, 3.05) is 13.2 Å². The average molecular weight is 102 g/mol. The first kappa shape index (κ1) is 6.92. The fourth-order valence-corrected chi connectivity index (χ4v) is 0.219. The van der Waals surface area contributed by atoms with Crippen molar-refractivity contribution in [1.29, 1.82) is 0 Å². The Labute approximate surface area is 44.1 Å². The lowest BCUT2D eigenvalue weighted by Crippen LogP contribution is -2.06. The minimum atomic E-state index is -0.257. The second-order valence-electron chi connectivity index (χ2n) is 1.22. The largest absolute Gasteiger partial charge is 0.394 e. The molecule has 0 heterocycles. The summed E-state index contributed by atoms with van der Waals surface area (Å²) in [5.74, 6) is 0. The van der Waals surface area contributed by atoms with E-state index in [1.54, 1.807) is 0 Å². The third-order valence-electron chi connectivity index (χ3n) is 0.445. The van der Waals surface area contributed by atoms with Gasteiger partial charge in [0, 0.05) is 0 Å². The van der Waals surface area contributed by atoms with Crippen molar-refractivity contribution in [3.8, 4) is 0 Å². The monoisotopic (exact) mass is 102 g/mol. The third-order valence-corrected chi connectivity index (χ3v) is 0.445. The smallest absolute Gasteiger partial charge is 0.0701 e. The normalized spacial score (nSPS) is 10.3. The lowest BCUT2D eigenvalue weighted by atomic mass is 10.5. The van der Waals surface area contributed by atoms with E-state index in [2.05, 4.69) is 13.8 Å². The van der Waals surface area contributed by atoms with E-state index >= 15 is 0 Å². The quantitative estimate of drug-likeness (QED) is 0.545. The summed E-state index contributed by atoms with van der Waals surface area (Å²) >= 11 is 0. The molecule has 2 radical (unpaired) electrons. The Morgan fingerprint density at radius 2 is 2.14 bits per heavy atom. The van der Waals surface area contributed by atoms with Gasteiger partial charge in [-0.05, 0) is 13.8 Å². The van der Waals surface area contributed by atoms with Crippen molar-refractivity contribution in [3.63, 3.8) is 0 Å². The minimum absolute atomic E-state index is 0.0432. The van der Waals surface area contributed by atoms with Gasteiger partial charge in [-0.3, -0.25) is 0 Å². The maximum Gasteiger partial charge on any atom is 0.0701 e. The van der Waals surface area contributed by atoms with Crippen LogP contribution in [0.3, 0.4) is 0 Å². The molecular formula is C5H10O2. The predicted molar refractivity (Wildman–Crippen MR) is 27.5 cm³/mol. The number of hydrogen-bond donors (Lipinski definition) is 1. The molecule has 0 atom stereocenters. The fraction of sp³-hybridized carbons (Fsp3) is 0.600. The topological polar surface area (TPSA) is 29.5 Å². The van der Waals surface area contributed by atoms with Gasteiger partial charge in [0.15, 0.2) is 0 Å². The Hall–Kier alpha value is -0.0800. The van der Waals surface area contributed by atoms with Crippen LogP contribution in [0.1, 0.15) is 0 Å². The molecule has 0 saturated heterocycles. The first-order valence-electron chi connectivity index (χ1n) is 2.16. The van der Waals surface area contributed by atoms with E-state index in [1.165, 1.54) is 0 Å².